The zero-order valence-electron chi connectivity index (χ0n) is 8.34. The van der Waals surface area contributed by atoms with E-state index in [9.17, 15) is 0 Å². The van der Waals surface area contributed by atoms with Crippen LogP contribution in [0.3, 0.4) is 0 Å². The Morgan fingerprint density at radius 1 is 1.38 bits per heavy atom. The van der Waals surface area contributed by atoms with Gasteiger partial charge in [0.25, 0.3) is 0 Å². The number of aryl methyl sites for hydroxylation is 1. The van der Waals surface area contributed by atoms with Crippen molar-refractivity contribution >= 4 is 50.1 Å². The first-order valence-electron chi connectivity index (χ1n) is 4.52. The van der Waals surface area contributed by atoms with Crippen LogP contribution in [-0.4, -0.2) is 9.97 Å². The maximum Gasteiger partial charge on any atom is 0.162 e. The Bertz CT molecular complexity index is 546. The molecule has 0 amide bonds. The van der Waals surface area contributed by atoms with E-state index in [0.29, 0.717) is 11.0 Å². The smallest absolute Gasteiger partial charge is 0.162 e. The summed E-state index contributed by atoms with van der Waals surface area (Å²) in [5, 5.41) is 0.484. The van der Waals surface area contributed by atoms with Crippen molar-refractivity contribution in [3.63, 3.8) is 0 Å². The predicted octanol–water partition coefficient (Wildman–Crippen LogP) is 4.47. The summed E-state index contributed by atoms with van der Waals surface area (Å²) in [7, 11) is 0. The number of benzene rings is 1. The number of rotatable bonds is 1. The molecule has 0 atom stereocenters. The van der Waals surface area contributed by atoms with Gasteiger partial charge in [-0.3, -0.25) is 0 Å². The summed E-state index contributed by atoms with van der Waals surface area (Å²) in [6, 6.07) is 6.04. The molecule has 82 valence electrons. The van der Waals surface area contributed by atoms with Crippen molar-refractivity contribution in [1.29, 1.82) is 0 Å². The first-order chi connectivity index (χ1) is 7.58. The van der Waals surface area contributed by atoms with E-state index in [1.165, 1.54) is 5.56 Å². The van der Waals surface area contributed by atoms with E-state index in [2.05, 4.69) is 48.5 Å². The van der Waals surface area contributed by atoms with E-state index >= 15 is 0 Å². The summed E-state index contributed by atoms with van der Waals surface area (Å²) in [5.74, 6) is 0.636. The van der Waals surface area contributed by atoms with Crippen molar-refractivity contribution < 1.29 is 0 Å². The van der Waals surface area contributed by atoms with Gasteiger partial charge in [0, 0.05) is 16.2 Å². The van der Waals surface area contributed by atoms with Gasteiger partial charge in [0.2, 0.25) is 0 Å². The molecule has 16 heavy (non-hydrogen) atoms. The lowest BCUT2D eigenvalue weighted by Gasteiger charge is -2.05. The second kappa shape index (κ2) is 4.98. The summed E-state index contributed by atoms with van der Waals surface area (Å²) in [6.07, 6.45) is 1.72. The Balaban J connectivity index is 2.54. The molecule has 0 N–H and O–H groups in total. The normalized spacial score (nSPS) is 10.5. The van der Waals surface area contributed by atoms with Crippen molar-refractivity contribution in [2.45, 2.75) is 6.92 Å². The maximum absolute atomic E-state index is 5.97. The third-order valence-corrected chi connectivity index (χ3v) is 4.12. The summed E-state index contributed by atoms with van der Waals surface area (Å²) in [5.41, 5.74) is 2.14. The molecular weight excluding hydrogens is 402 g/mol. The van der Waals surface area contributed by atoms with E-state index in [1.807, 2.05) is 25.1 Å². The van der Waals surface area contributed by atoms with Crippen LogP contribution in [0.15, 0.2) is 28.9 Å². The standard InChI is InChI=1S/C11H7BrClIN2/c1-6-2-3-7(8(12)4-6)11-15-5-9(14)10(13)16-11/h2-5H,1H3. The van der Waals surface area contributed by atoms with Crippen LogP contribution < -0.4 is 0 Å². The van der Waals surface area contributed by atoms with Gasteiger partial charge in [-0.15, -0.1) is 0 Å². The lowest BCUT2D eigenvalue weighted by molar-refractivity contribution is 1.15. The van der Waals surface area contributed by atoms with E-state index < -0.39 is 0 Å². The van der Waals surface area contributed by atoms with E-state index in [4.69, 9.17) is 11.6 Å². The minimum atomic E-state index is 0.484. The molecule has 0 spiro atoms. The molecule has 0 fully saturated rings. The van der Waals surface area contributed by atoms with Gasteiger partial charge < -0.3 is 0 Å². The Morgan fingerprint density at radius 2 is 2.12 bits per heavy atom. The van der Waals surface area contributed by atoms with Crippen molar-refractivity contribution in [3.8, 4) is 11.4 Å². The molecule has 0 aliphatic carbocycles. The highest BCUT2D eigenvalue weighted by Gasteiger charge is 2.08. The second-order valence-electron chi connectivity index (χ2n) is 3.32. The van der Waals surface area contributed by atoms with Gasteiger partial charge in [-0.25, -0.2) is 9.97 Å². The zero-order valence-corrected chi connectivity index (χ0v) is 12.8. The van der Waals surface area contributed by atoms with Gasteiger partial charge in [0.05, 0.1) is 3.57 Å². The molecular formula is C11H7BrClIN2. The second-order valence-corrected chi connectivity index (χ2v) is 5.69. The SMILES string of the molecule is Cc1ccc(-c2ncc(I)c(Cl)n2)c(Br)c1. The highest BCUT2D eigenvalue weighted by atomic mass is 127. The largest absolute Gasteiger partial charge is 0.235 e. The van der Waals surface area contributed by atoms with Crippen LogP contribution >= 0.6 is 50.1 Å². The number of hydrogen-bond donors (Lipinski definition) is 0. The lowest BCUT2D eigenvalue weighted by atomic mass is 10.1. The average Bonchev–Trinajstić information content (AvgIpc) is 2.22. The monoisotopic (exact) mass is 408 g/mol. The summed E-state index contributed by atoms with van der Waals surface area (Å²) in [4.78, 5) is 8.52. The topological polar surface area (TPSA) is 25.8 Å². The molecule has 0 aliphatic heterocycles. The van der Waals surface area contributed by atoms with E-state index in [1.54, 1.807) is 6.20 Å². The molecule has 1 aromatic carbocycles. The van der Waals surface area contributed by atoms with Crippen molar-refractivity contribution in [2.24, 2.45) is 0 Å². The van der Waals surface area contributed by atoms with Crippen LogP contribution in [0.2, 0.25) is 5.15 Å². The molecule has 0 saturated carbocycles. The number of halogens is 3. The summed E-state index contributed by atoms with van der Waals surface area (Å²) in [6.45, 7) is 2.04. The molecule has 1 aromatic heterocycles. The van der Waals surface area contributed by atoms with Crippen molar-refractivity contribution in [3.05, 3.63) is 43.2 Å². The first-order valence-corrected chi connectivity index (χ1v) is 6.77. The number of hydrogen-bond acceptors (Lipinski definition) is 2. The Hall–Kier alpha value is -0.200. The van der Waals surface area contributed by atoms with E-state index in [0.717, 1.165) is 13.6 Å². The highest BCUT2D eigenvalue weighted by Crippen LogP contribution is 2.28. The number of nitrogens with zero attached hydrogens (tertiary/aromatic N) is 2. The molecule has 0 aliphatic rings. The molecule has 5 heteroatoms. The van der Waals surface area contributed by atoms with Crippen LogP contribution in [0.4, 0.5) is 0 Å². The Morgan fingerprint density at radius 3 is 2.75 bits per heavy atom. The molecule has 0 bridgehead atoms. The Kier molecular flexibility index (Phi) is 3.81. The molecule has 0 unspecified atom stereocenters. The van der Waals surface area contributed by atoms with Gasteiger partial charge in [-0.1, -0.05) is 33.6 Å². The van der Waals surface area contributed by atoms with Gasteiger partial charge in [0.15, 0.2) is 5.82 Å². The third kappa shape index (κ3) is 2.55. The molecule has 0 saturated heterocycles. The highest BCUT2D eigenvalue weighted by molar-refractivity contribution is 14.1. The minimum absolute atomic E-state index is 0.484. The van der Waals surface area contributed by atoms with Gasteiger partial charge in [0.1, 0.15) is 5.15 Å². The van der Waals surface area contributed by atoms with Crippen LogP contribution in [0.5, 0.6) is 0 Å². The molecule has 2 nitrogen and oxygen atoms in total. The van der Waals surface area contributed by atoms with Crippen LogP contribution in [-0.2, 0) is 0 Å². The average molecular weight is 409 g/mol. The predicted molar refractivity (Wildman–Crippen MR) is 77.6 cm³/mol. The van der Waals surface area contributed by atoms with Gasteiger partial charge in [-0.2, -0.15) is 0 Å². The molecule has 0 radical (unpaired) electrons. The molecule has 2 aromatic rings. The van der Waals surface area contributed by atoms with Crippen LogP contribution in [0.1, 0.15) is 5.56 Å². The van der Waals surface area contributed by atoms with Gasteiger partial charge >= 0.3 is 0 Å². The quantitative estimate of drug-likeness (QED) is 0.513. The maximum atomic E-state index is 5.97. The third-order valence-electron chi connectivity index (χ3n) is 2.07. The van der Waals surface area contributed by atoms with Crippen LogP contribution in [0.25, 0.3) is 11.4 Å². The fourth-order valence-electron chi connectivity index (χ4n) is 1.28. The summed E-state index contributed by atoms with van der Waals surface area (Å²) >= 11 is 11.6. The summed E-state index contributed by atoms with van der Waals surface area (Å²) < 4.78 is 1.83. The Labute approximate surface area is 121 Å². The fourth-order valence-corrected chi connectivity index (χ4v) is 2.34. The van der Waals surface area contributed by atoms with Gasteiger partial charge in [-0.05, 0) is 47.2 Å². The fraction of sp³-hybridized carbons (Fsp3) is 0.0909. The molecule has 2 rings (SSSR count). The van der Waals surface area contributed by atoms with Crippen molar-refractivity contribution in [2.75, 3.05) is 0 Å². The van der Waals surface area contributed by atoms with E-state index in [-0.39, 0.29) is 0 Å². The zero-order chi connectivity index (χ0) is 11.7. The first kappa shape index (κ1) is 12.3. The minimum Gasteiger partial charge on any atom is -0.235 e. The lowest BCUT2D eigenvalue weighted by Crippen LogP contribution is -1.92. The molecule has 1 heterocycles. The van der Waals surface area contributed by atoms with Crippen molar-refractivity contribution in [1.82, 2.24) is 9.97 Å². The number of aromatic nitrogens is 2. The van der Waals surface area contributed by atoms with Crippen LogP contribution in [0, 0.1) is 10.5 Å².